The Kier molecular flexibility index (Phi) is 2.94. The van der Waals surface area contributed by atoms with Gasteiger partial charge in [0.25, 0.3) is 5.91 Å². The molecule has 0 radical (unpaired) electrons. The lowest BCUT2D eigenvalue weighted by Crippen LogP contribution is -2.43. The third-order valence-electron chi connectivity index (χ3n) is 3.29. The molecule has 2 fully saturated rings. The van der Waals surface area contributed by atoms with E-state index in [1.54, 1.807) is 0 Å². The fourth-order valence-corrected chi connectivity index (χ4v) is 2.10. The highest BCUT2D eigenvalue weighted by atomic mass is 16.4. The number of hydrogen-bond donors (Lipinski definition) is 1. The summed E-state index contributed by atoms with van der Waals surface area (Å²) in [5.41, 5.74) is 0. The van der Waals surface area contributed by atoms with Gasteiger partial charge in [-0.25, -0.2) is 4.79 Å². The molecule has 1 aliphatic carbocycles. The number of Topliss-reactive ketones (excluding diaryl/α,β-unsaturated/α-hetero) is 1. The summed E-state index contributed by atoms with van der Waals surface area (Å²) in [4.78, 5) is 34.8. The number of carbonyl (C=O) groups is 3. The predicted molar refractivity (Wildman–Crippen MR) is 54.7 cm³/mol. The zero-order chi connectivity index (χ0) is 11.7. The zero-order valence-corrected chi connectivity index (χ0v) is 9.02. The summed E-state index contributed by atoms with van der Waals surface area (Å²) in [6, 6.07) is -0.806. The summed E-state index contributed by atoms with van der Waals surface area (Å²) in [5.74, 6) is -1.44. The van der Waals surface area contributed by atoms with Crippen LogP contribution in [0.15, 0.2) is 0 Å². The van der Waals surface area contributed by atoms with Crippen LogP contribution in [0.1, 0.15) is 32.1 Å². The van der Waals surface area contributed by atoms with E-state index in [4.69, 9.17) is 5.11 Å². The van der Waals surface area contributed by atoms with Crippen LogP contribution in [0.5, 0.6) is 0 Å². The molecule has 1 heterocycles. The van der Waals surface area contributed by atoms with Gasteiger partial charge in [0.2, 0.25) is 5.78 Å². The summed E-state index contributed by atoms with van der Waals surface area (Å²) < 4.78 is 0. The number of rotatable bonds is 5. The van der Waals surface area contributed by atoms with E-state index in [1.807, 2.05) is 0 Å². The highest BCUT2D eigenvalue weighted by Gasteiger charge is 2.38. The van der Waals surface area contributed by atoms with Crippen LogP contribution in [-0.2, 0) is 14.4 Å². The molecule has 0 aromatic carbocycles. The molecular weight excluding hydrogens is 210 g/mol. The van der Waals surface area contributed by atoms with Gasteiger partial charge in [0, 0.05) is 13.0 Å². The summed E-state index contributed by atoms with van der Waals surface area (Å²) >= 11 is 0. The molecule has 1 saturated carbocycles. The second-order valence-corrected chi connectivity index (χ2v) is 4.55. The van der Waals surface area contributed by atoms with Crippen LogP contribution < -0.4 is 0 Å². The third kappa shape index (κ3) is 2.23. The van der Waals surface area contributed by atoms with E-state index in [9.17, 15) is 14.4 Å². The number of ketones is 1. The van der Waals surface area contributed by atoms with Gasteiger partial charge in [-0.1, -0.05) is 12.8 Å². The minimum absolute atomic E-state index is 0.159. The first-order chi connectivity index (χ1) is 7.59. The Morgan fingerprint density at radius 1 is 1.44 bits per heavy atom. The highest BCUT2D eigenvalue weighted by Crippen LogP contribution is 2.34. The number of likely N-dealkylation sites (tertiary alicyclic amines) is 1. The van der Waals surface area contributed by atoms with Crippen molar-refractivity contribution in [2.75, 3.05) is 6.54 Å². The van der Waals surface area contributed by atoms with Gasteiger partial charge in [0.1, 0.15) is 6.04 Å². The summed E-state index contributed by atoms with van der Waals surface area (Å²) in [5, 5.41) is 9.07. The van der Waals surface area contributed by atoms with E-state index >= 15 is 0 Å². The summed E-state index contributed by atoms with van der Waals surface area (Å²) in [7, 11) is 0. The van der Waals surface area contributed by atoms with Crippen LogP contribution in [0, 0.1) is 5.92 Å². The van der Waals surface area contributed by atoms with Crippen molar-refractivity contribution in [3.05, 3.63) is 0 Å². The number of nitrogens with zero attached hydrogens (tertiary/aromatic N) is 1. The molecule has 1 atom stereocenters. The molecule has 0 bridgehead atoms. The lowest BCUT2D eigenvalue weighted by atomic mass is 10.1. The Morgan fingerprint density at radius 3 is 2.56 bits per heavy atom. The molecule has 1 amide bonds. The monoisotopic (exact) mass is 225 g/mol. The predicted octanol–water partition coefficient (Wildman–Crippen LogP) is 0.431. The van der Waals surface area contributed by atoms with Gasteiger partial charge in [0.15, 0.2) is 0 Å². The van der Waals surface area contributed by atoms with Crippen molar-refractivity contribution in [2.24, 2.45) is 5.92 Å². The van der Waals surface area contributed by atoms with Gasteiger partial charge >= 0.3 is 5.97 Å². The molecule has 2 aliphatic rings. The number of hydrogen-bond acceptors (Lipinski definition) is 3. The first-order valence-electron chi connectivity index (χ1n) is 5.66. The topological polar surface area (TPSA) is 74.7 Å². The molecule has 0 aromatic rings. The van der Waals surface area contributed by atoms with Crippen molar-refractivity contribution in [3.63, 3.8) is 0 Å². The molecule has 5 nitrogen and oxygen atoms in total. The van der Waals surface area contributed by atoms with Crippen molar-refractivity contribution in [1.82, 2.24) is 4.90 Å². The van der Waals surface area contributed by atoms with Gasteiger partial charge in [-0.2, -0.15) is 0 Å². The molecule has 1 unspecified atom stereocenters. The van der Waals surface area contributed by atoms with E-state index in [2.05, 4.69) is 0 Å². The summed E-state index contributed by atoms with van der Waals surface area (Å²) in [6.07, 6.45) is 3.80. The van der Waals surface area contributed by atoms with Crippen LogP contribution in [0.3, 0.4) is 0 Å². The fourth-order valence-electron chi connectivity index (χ4n) is 2.10. The summed E-state index contributed by atoms with van der Waals surface area (Å²) in [6.45, 7) is 0.263. The van der Waals surface area contributed by atoms with Crippen molar-refractivity contribution in [1.29, 1.82) is 0 Å². The number of aliphatic carboxylic acids is 1. The Balaban J connectivity index is 1.97. The van der Waals surface area contributed by atoms with Gasteiger partial charge in [0.05, 0.1) is 0 Å². The average molecular weight is 225 g/mol. The van der Waals surface area contributed by atoms with Crippen molar-refractivity contribution in [2.45, 2.75) is 38.1 Å². The van der Waals surface area contributed by atoms with Crippen molar-refractivity contribution < 1.29 is 19.5 Å². The second-order valence-electron chi connectivity index (χ2n) is 4.55. The second kappa shape index (κ2) is 4.23. The highest BCUT2D eigenvalue weighted by molar-refractivity contribution is 6.38. The molecule has 0 aromatic heterocycles. The first-order valence-corrected chi connectivity index (χ1v) is 5.66. The molecule has 1 N–H and O–H groups in total. The number of carboxylic acids is 1. The van der Waals surface area contributed by atoms with E-state index in [0.29, 0.717) is 12.3 Å². The molecule has 2 rings (SSSR count). The minimum atomic E-state index is -0.997. The molecular formula is C11H15NO4. The van der Waals surface area contributed by atoms with Gasteiger partial charge in [-0.3, -0.25) is 9.59 Å². The van der Waals surface area contributed by atoms with E-state index < -0.39 is 23.7 Å². The minimum Gasteiger partial charge on any atom is -0.480 e. The standard InChI is InChI=1S/C11H15NO4/c13-9-5-6-12(10(9)14)8(11(15)16)4-3-7-1-2-7/h7-8H,1-6H2,(H,15,16). The Bertz CT molecular complexity index is 335. The number of carboxylic acid groups (broad SMARTS) is 1. The fraction of sp³-hybridized carbons (Fsp3) is 0.727. The maximum atomic E-state index is 11.4. The average Bonchev–Trinajstić information content (AvgIpc) is 2.99. The van der Waals surface area contributed by atoms with Crippen molar-refractivity contribution in [3.8, 4) is 0 Å². The molecule has 5 heteroatoms. The maximum absolute atomic E-state index is 11.4. The van der Waals surface area contributed by atoms with Gasteiger partial charge in [-0.05, 0) is 18.8 Å². The normalized spacial score (nSPS) is 22.6. The molecule has 0 spiro atoms. The molecule has 1 saturated heterocycles. The van der Waals surface area contributed by atoms with Crippen molar-refractivity contribution >= 4 is 17.7 Å². The largest absolute Gasteiger partial charge is 0.480 e. The SMILES string of the molecule is O=C1CCN(C(CCC2CC2)C(=O)O)C1=O. The van der Waals surface area contributed by atoms with Crippen LogP contribution in [0.4, 0.5) is 0 Å². The molecule has 1 aliphatic heterocycles. The van der Waals surface area contributed by atoms with Crippen LogP contribution in [0.25, 0.3) is 0 Å². The number of carbonyl (C=O) groups excluding carboxylic acids is 2. The van der Waals surface area contributed by atoms with Gasteiger partial charge < -0.3 is 10.0 Å². The quantitative estimate of drug-likeness (QED) is 0.688. The van der Waals surface area contributed by atoms with E-state index in [1.165, 1.54) is 17.7 Å². The van der Waals surface area contributed by atoms with E-state index in [-0.39, 0.29) is 13.0 Å². The van der Waals surface area contributed by atoms with Crippen LogP contribution in [-0.4, -0.2) is 40.3 Å². The molecule has 16 heavy (non-hydrogen) atoms. The Hall–Kier alpha value is -1.39. The first kappa shape index (κ1) is 11.1. The Morgan fingerprint density at radius 2 is 2.12 bits per heavy atom. The third-order valence-corrected chi connectivity index (χ3v) is 3.29. The Labute approximate surface area is 93.4 Å². The lowest BCUT2D eigenvalue weighted by Gasteiger charge is -2.23. The zero-order valence-electron chi connectivity index (χ0n) is 9.02. The number of amides is 1. The van der Waals surface area contributed by atoms with Crippen LogP contribution in [0.2, 0.25) is 0 Å². The molecule has 88 valence electrons. The van der Waals surface area contributed by atoms with Crippen LogP contribution >= 0.6 is 0 Å². The van der Waals surface area contributed by atoms with E-state index in [0.717, 1.165) is 6.42 Å². The lowest BCUT2D eigenvalue weighted by molar-refractivity contribution is -0.150. The maximum Gasteiger partial charge on any atom is 0.326 e. The smallest absolute Gasteiger partial charge is 0.326 e. The van der Waals surface area contributed by atoms with Gasteiger partial charge in [-0.15, -0.1) is 0 Å².